The molecule has 0 saturated heterocycles. The van der Waals surface area contributed by atoms with E-state index in [4.69, 9.17) is 5.73 Å². The first-order valence-corrected chi connectivity index (χ1v) is 8.03. The molecule has 0 bridgehead atoms. The van der Waals surface area contributed by atoms with Crippen LogP contribution in [0.4, 0.5) is 19.4 Å². The number of hydrogen-bond acceptors (Lipinski definition) is 2. The van der Waals surface area contributed by atoms with E-state index in [0.29, 0.717) is 6.07 Å². The zero-order chi connectivity index (χ0) is 17.4. The van der Waals surface area contributed by atoms with Crippen LogP contribution in [-0.4, -0.2) is 23.3 Å². The second-order valence-electron chi connectivity index (χ2n) is 4.74. The minimum Gasteiger partial charge on any atom is -0.361 e. The van der Waals surface area contributed by atoms with E-state index in [1.54, 1.807) is 6.92 Å². The molecule has 4 nitrogen and oxygen atoms in total. The van der Waals surface area contributed by atoms with E-state index >= 15 is 0 Å². The van der Waals surface area contributed by atoms with E-state index in [1.807, 2.05) is 0 Å². The number of aryl methyl sites for hydroxylation is 1. The first-order chi connectivity index (χ1) is 9.65. The zero-order valence-electron chi connectivity index (χ0n) is 11.8. The van der Waals surface area contributed by atoms with Gasteiger partial charge in [-0.15, -0.1) is 0 Å². The topological polar surface area (TPSA) is 63.4 Å². The molecule has 2 amide bonds. The van der Waals surface area contributed by atoms with Crippen LogP contribution < -0.4 is 5.73 Å². The summed E-state index contributed by atoms with van der Waals surface area (Å²) in [5.41, 5.74) is 4.99. The van der Waals surface area contributed by atoms with Gasteiger partial charge in [-0.3, -0.25) is 9.59 Å². The average Bonchev–Trinajstić information content (AvgIpc) is 2.33. The van der Waals surface area contributed by atoms with Gasteiger partial charge < -0.3 is 10.6 Å². The highest BCUT2D eigenvalue weighted by Crippen LogP contribution is 3.02. The van der Waals surface area contributed by atoms with Crippen molar-refractivity contribution < 1.29 is 29.0 Å². The Kier molecular flexibility index (Phi) is 4.00. The average molecular weight is 346 g/mol. The molecule has 0 aliphatic carbocycles. The van der Waals surface area contributed by atoms with Gasteiger partial charge in [0, 0.05) is 13.1 Å². The number of benzene rings is 1. The quantitative estimate of drug-likeness (QED) is 0.670. The molecule has 0 fully saturated rings. The van der Waals surface area contributed by atoms with Crippen LogP contribution in [0.2, 0.25) is 0 Å². The van der Waals surface area contributed by atoms with Gasteiger partial charge in [0.2, 0.25) is 0 Å². The third-order valence-electron chi connectivity index (χ3n) is 3.00. The van der Waals surface area contributed by atoms with Crippen molar-refractivity contribution in [2.24, 2.45) is 5.73 Å². The summed E-state index contributed by atoms with van der Waals surface area (Å²) in [4.78, 5) is 21.3. The molecule has 0 spiro atoms. The highest BCUT2D eigenvalue weighted by molar-refractivity contribution is 8.45. The Balaban J connectivity index is 3.16. The van der Waals surface area contributed by atoms with Crippen LogP contribution in [0, 0.1) is 6.92 Å². The molecule has 0 heterocycles. The summed E-state index contributed by atoms with van der Waals surface area (Å²) in [6.07, 6.45) is 0. The molecule has 2 N–H and O–H groups in total. The summed E-state index contributed by atoms with van der Waals surface area (Å²) in [5, 5.41) is 0. The molecule has 0 aliphatic rings. The molecule has 10 heteroatoms. The molecule has 22 heavy (non-hydrogen) atoms. The molecule has 0 unspecified atom stereocenters. The second kappa shape index (κ2) is 4.83. The number of carbonyl (C=O) groups excluding carboxylic acids is 2. The molecule has 1 aromatic carbocycles. The van der Waals surface area contributed by atoms with Gasteiger partial charge in [-0.2, -0.15) is 0 Å². The predicted molar refractivity (Wildman–Crippen MR) is 72.9 cm³/mol. The minimum atomic E-state index is -9.74. The van der Waals surface area contributed by atoms with Crippen LogP contribution in [0.1, 0.15) is 18.1 Å². The van der Waals surface area contributed by atoms with Crippen molar-refractivity contribution in [2.75, 3.05) is 6.54 Å². The first-order valence-electron chi connectivity index (χ1n) is 6.08. The monoisotopic (exact) mass is 346 g/mol. The summed E-state index contributed by atoms with van der Waals surface area (Å²) in [5.74, 6) is -2.21. The van der Waals surface area contributed by atoms with Crippen LogP contribution in [0.25, 0.3) is 0 Å². The maximum atomic E-state index is 12.7. The Hall–Kier alpha value is -1.84. The summed E-state index contributed by atoms with van der Waals surface area (Å²) in [6.45, 7) is 2.64. The van der Waals surface area contributed by atoms with E-state index in [-0.39, 0.29) is 30.3 Å². The van der Waals surface area contributed by atoms with Gasteiger partial charge in [-0.05, 0) is 37.1 Å². The molecule has 0 radical (unpaired) electrons. The largest absolute Gasteiger partial charge is 0.361 e. The molecule has 126 valence electrons. The molecule has 0 saturated carbocycles. The zero-order valence-corrected chi connectivity index (χ0v) is 12.6. The van der Waals surface area contributed by atoms with Gasteiger partial charge in [0.25, 0.3) is 0 Å². The van der Waals surface area contributed by atoms with Crippen molar-refractivity contribution in [3.8, 4) is 0 Å². The maximum Gasteiger partial charge on any atom is 0.311 e. The van der Waals surface area contributed by atoms with Gasteiger partial charge in [0.05, 0.1) is 0 Å². The van der Waals surface area contributed by atoms with E-state index < -0.39 is 26.9 Å². The number of rotatable bonds is 4. The Bertz CT molecular complexity index is 630. The van der Waals surface area contributed by atoms with Crippen molar-refractivity contribution in [3.63, 3.8) is 0 Å². The lowest BCUT2D eigenvalue weighted by Crippen LogP contribution is -2.39. The standard InChI is InChI=1S/C12H15F5N2O2S/c1-3-19(12(21)11(18)20)7-9-4-5-10(6-8(9)2)22(13,14,15,16)17/h4-6H,3,7H2,1-2H3,(H2,18,20). The first kappa shape index (κ1) is 18.2. The lowest BCUT2D eigenvalue weighted by Gasteiger charge is -2.40. The maximum absolute atomic E-state index is 12.7. The Morgan fingerprint density at radius 2 is 1.73 bits per heavy atom. The normalized spacial score (nSPS) is 14.9. The highest BCUT2D eigenvalue weighted by atomic mass is 32.5. The fraction of sp³-hybridized carbons (Fsp3) is 0.333. The van der Waals surface area contributed by atoms with E-state index in [0.717, 1.165) is 11.0 Å². The summed E-state index contributed by atoms with van der Waals surface area (Å²) in [6, 6.07) is 1.46. The Morgan fingerprint density at radius 1 is 1.18 bits per heavy atom. The summed E-state index contributed by atoms with van der Waals surface area (Å²) < 4.78 is 63.5. The lowest BCUT2D eigenvalue weighted by atomic mass is 10.1. The minimum absolute atomic E-state index is 0.0681. The molecule has 1 aromatic rings. The number of likely N-dealkylation sites (N-methyl/N-ethyl adjacent to an activating group) is 1. The van der Waals surface area contributed by atoms with Crippen molar-refractivity contribution >= 4 is 22.0 Å². The SMILES string of the molecule is CCN(Cc1ccc(S(F)(F)(F)(F)F)cc1C)C(=O)C(N)=O. The van der Waals surface area contributed by atoms with Crippen molar-refractivity contribution in [1.82, 2.24) is 4.90 Å². The fourth-order valence-corrected chi connectivity index (χ4v) is 2.50. The third-order valence-corrected chi connectivity index (χ3v) is 4.15. The summed E-state index contributed by atoms with van der Waals surface area (Å²) in [7, 11) is -9.74. The Morgan fingerprint density at radius 3 is 2.09 bits per heavy atom. The van der Waals surface area contributed by atoms with Gasteiger partial charge in [0.15, 0.2) is 0 Å². The molecular formula is C12H15F5N2O2S. The van der Waals surface area contributed by atoms with Gasteiger partial charge in [-0.25, -0.2) is 0 Å². The van der Waals surface area contributed by atoms with Crippen LogP contribution in [-0.2, 0) is 16.1 Å². The fourth-order valence-electron chi connectivity index (χ4n) is 1.77. The van der Waals surface area contributed by atoms with Gasteiger partial charge >= 0.3 is 22.0 Å². The van der Waals surface area contributed by atoms with Crippen molar-refractivity contribution in [3.05, 3.63) is 29.3 Å². The van der Waals surface area contributed by atoms with Gasteiger partial charge in [0.1, 0.15) is 4.90 Å². The third kappa shape index (κ3) is 4.33. The molecule has 1 rings (SSSR count). The van der Waals surface area contributed by atoms with Crippen LogP contribution in [0.5, 0.6) is 0 Å². The Labute approximate surface area is 123 Å². The van der Waals surface area contributed by atoms with E-state index in [1.165, 1.54) is 6.92 Å². The molecule has 0 aliphatic heterocycles. The number of nitrogens with two attached hydrogens (primary N) is 1. The van der Waals surface area contributed by atoms with E-state index in [9.17, 15) is 29.0 Å². The predicted octanol–water partition coefficient (Wildman–Crippen LogP) is 3.49. The van der Waals surface area contributed by atoms with Gasteiger partial charge in [-0.1, -0.05) is 25.5 Å². The second-order valence-corrected chi connectivity index (χ2v) is 7.15. The lowest BCUT2D eigenvalue weighted by molar-refractivity contribution is -0.144. The number of amides is 2. The van der Waals surface area contributed by atoms with Crippen molar-refractivity contribution in [2.45, 2.75) is 25.3 Å². The molecule has 0 aromatic heterocycles. The van der Waals surface area contributed by atoms with E-state index in [2.05, 4.69) is 0 Å². The molecular weight excluding hydrogens is 331 g/mol. The van der Waals surface area contributed by atoms with Crippen molar-refractivity contribution in [1.29, 1.82) is 0 Å². The highest BCUT2D eigenvalue weighted by Gasteiger charge is 2.65. The molecule has 0 atom stereocenters. The number of nitrogens with zero attached hydrogens (tertiary/aromatic N) is 1. The number of primary amides is 1. The number of halogens is 5. The number of hydrogen-bond donors (Lipinski definition) is 1. The van der Waals surface area contributed by atoms with Crippen LogP contribution in [0.3, 0.4) is 0 Å². The number of carbonyl (C=O) groups is 2. The van der Waals surface area contributed by atoms with Crippen LogP contribution in [0.15, 0.2) is 23.1 Å². The smallest absolute Gasteiger partial charge is 0.311 e. The summed E-state index contributed by atoms with van der Waals surface area (Å²) >= 11 is 0. The van der Waals surface area contributed by atoms with Crippen LogP contribution >= 0.6 is 10.2 Å².